The molecule has 3 fully saturated rings. The highest BCUT2D eigenvalue weighted by molar-refractivity contribution is 9.10. The minimum absolute atomic E-state index is 0.0661. The Kier molecular flexibility index (Phi) is 15.0. The van der Waals surface area contributed by atoms with Crippen molar-refractivity contribution in [3.05, 3.63) is 34.6 Å². The van der Waals surface area contributed by atoms with E-state index in [1.165, 1.54) is 6.92 Å². The molecule has 3 aliphatic heterocycles. The number of ether oxygens (including phenoxy) is 5. The quantitative estimate of drug-likeness (QED) is 0.143. The summed E-state index contributed by atoms with van der Waals surface area (Å²) >= 11 is 8.71. The first-order chi connectivity index (χ1) is 25.7. The molecule has 4 rings (SSSR count). The molecule has 3 N–H and O–H groups in total. The minimum atomic E-state index is -1.69. The van der Waals surface area contributed by atoms with Gasteiger partial charge in [0.25, 0.3) is 5.17 Å². The van der Waals surface area contributed by atoms with E-state index in [2.05, 4.69) is 31.5 Å². The summed E-state index contributed by atoms with van der Waals surface area (Å²) in [5.41, 5.74) is -2.11. The molecule has 0 saturated carbocycles. The number of rotatable bonds is 8. The number of esters is 1. The predicted octanol–water partition coefficient (Wildman–Crippen LogP) is 4.59. The van der Waals surface area contributed by atoms with E-state index in [4.69, 9.17) is 35.9 Å². The topological polar surface area (TPSA) is 175 Å². The average Bonchev–Trinajstić information content (AvgIpc) is 3.44. The van der Waals surface area contributed by atoms with Gasteiger partial charge in [0.1, 0.15) is 40.2 Å². The lowest BCUT2D eigenvalue weighted by Gasteiger charge is -2.47. The molecule has 1 amide bonds. The van der Waals surface area contributed by atoms with E-state index in [1.54, 1.807) is 59.0 Å². The summed E-state index contributed by atoms with van der Waals surface area (Å²) < 4.78 is 31.8. The Morgan fingerprint density at radius 1 is 1.15 bits per heavy atom. The van der Waals surface area contributed by atoms with Gasteiger partial charge in [0.2, 0.25) is 0 Å². The van der Waals surface area contributed by atoms with Crippen molar-refractivity contribution in [2.45, 2.75) is 129 Å². The molecule has 0 unspecified atom stereocenters. The van der Waals surface area contributed by atoms with E-state index in [9.17, 15) is 24.3 Å². The van der Waals surface area contributed by atoms with Crippen molar-refractivity contribution in [3.63, 3.8) is 0 Å². The lowest BCUT2D eigenvalue weighted by atomic mass is 9.73. The number of aromatic nitrogens is 1. The number of fused-ring (bicyclic) bond motifs is 1. The van der Waals surface area contributed by atoms with Gasteiger partial charge < -0.3 is 44.3 Å². The SMILES string of the molecule is CC[C@H]1OC(=O)[C@H](C)C(=O)[C@H](C)[C@@H](O[C@@H]2O[C@H](C)C[C@H](N(C)C)[C@H]2O)[C@](C)(OC(=O)NCC=Cc2ccc(Br)nc2)C[C@@H](C)C(=O)[C@H](C)[C@H]2NC(=S)O[C@@]21C. The van der Waals surface area contributed by atoms with Gasteiger partial charge in [-0.05, 0) is 101 Å². The van der Waals surface area contributed by atoms with Crippen LogP contribution in [0.5, 0.6) is 0 Å². The molecule has 1 aromatic heterocycles. The van der Waals surface area contributed by atoms with Crippen molar-refractivity contribution in [1.82, 2.24) is 20.5 Å². The van der Waals surface area contributed by atoms with Gasteiger partial charge in [0.05, 0.1) is 12.1 Å². The fourth-order valence-electron chi connectivity index (χ4n) is 8.16. The Balaban J connectivity index is 1.77. The van der Waals surface area contributed by atoms with Crippen LogP contribution in [0.2, 0.25) is 0 Å². The van der Waals surface area contributed by atoms with Crippen LogP contribution in [0.25, 0.3) is 6.08 Å². The third-order valence-electron chi connectivity index (χ3n) is 11.2. The highest BCUT2D eigenvalue weighted by Crippen LogP contribution is 2.40. The van der Waals surface area contributed by atoms with E-state index < -0.39 is 83.4 Å². The number of pyridine rings is 1. The number of hydrogen-bond donors (Lipinski definition) is 3. The lowest BCUT2D eigenvalue weighted by Crippen LogP contribution is -2.60. The Labute approximate surface area is 337 Å². The maximum Gasteiger partial charge on any atom is 0.408 e. The van der Waals surface area contributed by atoms with Crippen molar-refractivity contribution < 1.29 is 48.0 Å². The van der Waals surface area contributed by atoms with Crippen molar-refractivity contribution >= 4 is 63.0 Å². The molecule has 0 spiro atoms. The molecule has 0 bridgehead atoms. The number of Topliss-reactive ketones (excluding diaryl/α,β-unsaturated/α-hetero) is 2. The van der Waals surface area contributed by atoms with Crippen LogP contribution in [-0.2, 0) is 38.1 Å². The third-order valence-corrected chi connectivity index (χ3v) is 11.9. The first-order valence-corrected chi connectivity index (χ1v) is 20.1. The fraction of sp³-hybridized carbons (Fsp3) is 0.692. The molecule has 16 heteroatoms. The van der Waals surface area contributed by atoms with E-state index in [-0.39, 0.29) is 36.1 Å². The smallest absolute Gasteiger partial charge is 0.408 e. The van der Waals surface area contributed by atoms with Crippen LogP contribution in [0.4, 0.5) is 4.79 Å². The summed E-state index contributed by atoms with van der Waals surface area (Å²) in [6, 6.07) is 2.60. The number of alkyl carbamates (subject to hydrolysis) is 1. The Morgan fingerprint density at radius 3 is 2.45 bits per heavy atom. The number of carbonyl (C=O) groups excluding carboxylic acids is 4. The van der Waals surface area contributed by atoms with Crippen LogP contribution < -0.4 is 10.6 Å². The van der Waals surface area contributed by atoms with Crippen LogP contribution in [0, 0.1) is 23.7 Å². The van der Waals surface area contributed by atoms with Gasteiger partial charge in [-0.1, -0.05) is 45.9 Å². The molecule has 0 aliphatic carbocycles. The van der Waals surface area contributed by atoms with E-state index in [1.807, 2.05) is 38.9 Å². The van der Waals surface area contributed by atoms with Gasteiger partial charge in [-0.25, -0.2) is 9.78 Å². The van der Waals surface area contributed by atoms with Gasteiger partial charge in [-0.2, -0.15) is 0 Å². The zero-order valence-electron chi connectivity index (χ0n) is 33.4. The number of halogens is 1. The van der Waals surface area contributed by atoms with Crippen molar-refractivity contribution in [1.29, 1.82) is 0 Å². The Hall–Kier alpha value is -3.02. The number of hydrogen-bond acceptors (Lipinski definition) is 13. The molecule has 55 heavy (non-hydrogen) atoms. The number of ketones is 2. The molecule has 3 saturated heterocycles. The maximum atomic E-state index is 14.4. The lowest BCUT2D eigenvalue weighted by molar-refractivity contribution is -0.292. The average molecular weight is 854 g/mol. The first-order valence-electron chi connectivity index (χ1n) is 18.9. The normalized spacial score (nSPS) is 37.8. The Bertz CT molecular complexity index is 1600. The van der Waals surface area contributed by atoms with Crippen LogP contribution in [0.3, 0.4) is 0 Å². The molecule has 0 aromatic carbocycles. The number of nitrogens with zero attached hydrogens (tertiary/aromatic N) is 2. The van der Waals surface area contributed by atoms with Crippen molar-refractivity contribution in [2.24, 2.45) is 23.7 Å². The van der Waals surface area contributed by atoms with Gasteiger partial charge in [-0.15, -0.1) is 0 Å². The second kappa shape index (κ2) is 18.5. The summed E-state index contributed by atoms with van der Waals surface area (Å²) in [6.07, 6.45) is 0.177. The first kappa shape index (κ1) is 44.7. The second-order valence-corrected chi connectivity index (χ2v) is 17.0. The number of aliphatic hydroxyl groups excluding tert-OH is 1. The highest BCUT2D eigenvalue weighted by atomic mass is 79.9. The Morgan fingerprint density at radius 2 is 1.84 bits per heavy atom. The monoisotopic (exact) mass is 852 g/mol. The fourth-order valence-corrected chi connectivity index (χ4v) is 8.70. The van der Waals surface area contributed by atoms with Gasteiger partial charge in [0, 0.05) is 36.5 Å². The number of thiocarbonyl (C=S) groups is 1. The summed E-state index contributed by atoms with van der Waals surface area (Å²) in [4.78, 5) is 62.4. The van der Waals surface area contributed by atoms with Crippen molar-refractivity contribution in [3.8, 4) is 0 Å². The molecule has 3 aliphatic rings. The van der Waals surface area contributed by atoms with E-state index >= 15 is 0 Å². The molecular formula is C39H57BrN4O10S. The van der Waals surface area contributed by atoms with Gasteiger partial charge in [0.15, 0.2) is 17.7 Å². The standard InChI is InChI=1S/C39H57BrN4O10S/c1-11-27-39(8)32(43-37(55)54-39)22(4)29(45)20(2)18-38(7,53-36(49)41-16-12-13-25-14-15-28(40)42-19-25)33(23(5)30(46)24(6)34(48)51-27)52-35-31(47)26(44(9)10)17-21(3)50-35/h12-15,19-24,26-27,31-33,35,47H,11,16-18H2,1-10H3,(H,41,49)(H,43,55)/t20-,21-,22+,23+,24-,26+,27-,31-,32-,33-,35+,38-,39-/m1/s1. The number of amides is 1. The van der Waals surface area contributed by atoms with Gasteiger partial charge in [-0.3, -0.25) is 14.4 Å². The largest absolute Gasteiger partial charge is 0.459 e. The van der Waals surface area contributed by atoms with Crippen LogP contribution in [0.1, 0.15) is 80.2 Å². The number of aliphatic hydroxyl groups is 1. The zero-order valence-corrected chi connectivity index (χ0v) is 35.8. The number of cyclic esters (lactones) is 1. The van der Waals surface area contributed by atoms with Crippen LogP contribution in [0.15, 0.2) is 29.0 Å². The minimum Gasteiger partial charge on any atom is -0.459 e. The molecule has 306 valence electrons. The summed E-state index contributed by atoms with van der Waals surface area (Å²) in [6.45, 7) is 13.6. The third kappa shape index (κ3) is 10.3. The molecule has 4 heterocycles. The molecule has 14 nitrogen and oxygen atoms in total. The van der Waals surface area contributed by atoms with E-state index in [0.29, 0.717) is 17.4 Å². The number of carbonyl (C=O) groups is 4. The van der Waals surface area contributed by atoms with Crippen LogP contribution in [-0.4, -0.2) is 118 Å². The van der Waals surface area contributed by atoms with E-state index in [0.717, 1.165) is 5.56 Å². The second-order valence-electron chi connectivity index (χ2n) is 15.8. The highest BCUT2D eigenvalue weighted by Gasteiger charge is 2.57. The maximum absolute atomic E-state index is 14.4. The summed E-state index contributed by atoms with van der Waals surface area (Å²) in [5.74, 6) is -5.44. The van der Waals surface area contributed by atoms with Crippen molar-refractivity contribution in [2.75, 3.05) is 20.6 Å². The predicted molar refractivity (Wildman–Crippen MR) is 212 cm³/mol. The van der Waals surface area contributed by atoms with Gasteiger partial charge >= 0.3 is 12.1 Å². The zero-order chi connectivity index (χ0) is 41.0. The molecule has 1 aromatic rings. The molecule has 13 atom stereocenters. The van der Waals surface area contributed by atoms with Crippen LogP contribution >= 0.6 is 28.1 Å². The number of likely N-dealkylation sites (N-methyl/N-ethyl adjacent to an activating group) is 1. The molecule has 0 radical (unpaired) electrons. The summed E-state index contributed by atoms with van der Waals surface area (Å²) in [5, 5.41) is 17.4. The molecular weight excluding hydrogens is 796 g/mol. The summed E-state index contributed by atoms with van der Waals surface area (Å²) in [7, 11) is 3.67. The number of nitrogens with one attached hydrogen (secondary N) is 2.